The molecule has 1 aromatic rings. The lowest BCUT2D eigenvalue weighted by molar-refractivity contribution is -0.143. The van der Waals surface area contributed by atoms with E-state index in [0.29, 0.717) is 25.1 Å². The van der Waals surface area contributed by atoms with Crippen LogP contribution in [0.1, 0.15) is 25.3 Å². The molecule has 0 fully saturated rings. The van der Waals surface area contributed by atoms with Crippen LogP contribution in [0.4, 0.5) is 0 Å². The van der Waals surface area contributed by atoms with Gasteiger partial charge in [0.05, 0.1) is 19.1 Å². The summed E-state index contributed by atoms with van der Waals surface area (Å²) in [5.41, 5.74) is 1.79. The van der Waals surface area contributed by atoms with E-state index in [2.05, 4.69) is 18.2 Å². The van der Waals surface area contributed by atoms with Crippen molar-refractivity contribution in [2.24, 2.45) is 5.92 Å². The van der Waals surface area contributed by atoms with Crippen LogP contribution < -0.4 is 0 Å². The van der Waals surface area contributed by atoms with Gasteiger partial charge < -0.3 is 9.64 Å². The molecule has 114 valence electrons. The first kappa shape index (κ1) is 15.8. The summed E-state index contributed by atoms with van der Waals surface area (Å²) in [6.45, 7) is 2.86. The lowest BCUT2D eigenvalue weighted by atomic mass is 9.94. The van der Waals surface area contributed by atoms with E-state index in [4.69, 9.17) is 4.74 Å². The zero-order valence-electron chi connectivity index (χ0n) is 12.7. The maximum absolute atomic E-state index is 11.7. The van der Waals surface area contributed by atoms with E-state index in [1.165, 1.54) is 5.56 Å². The predicted octanol–water partition coefficient (Wildman–Crippen LogP) is 3.38. The SMILES string of the molecule is CCOC(=O)CC1CC=CN(Cc2ccccc2)C=C1C#N. The lowest BCUT2D eigenvalue weighted by Crippen LogP contribution is -2.14. The highest BCUT2D eigenvalue weighted by Gasteiger charge is 2.20. The van der Waals surface area contributed by atoms with Gasteiger partial charge in [-0.25, -0.2) is 0 Å². The Morgan fingerprint density at radius 3 is 2.86 bits per heavy atom. The number of ether oxygens (including phenoxy) is 1. The number of nitriles is 1. The van der Waals surface area contributed by atoms with Gasteiger partial charge in [0.25, 0.3) is 0 Å². The summed E-state index contributed by atoms with van der Waals surface area (Å²) in [6.07, 6.45) is 6.73. The molecule has 0 amide bonds. The van der Waals surface area contributed by atoms with Crippen molar-refractivity contribution in [2.45, 2.75) is 26.3 Å². The van der Waals surface area contributed by atoms with E-state index in [-0.39, 0.29) is 18.3 Å². The van der Waals surface area contributed by atoms with Crippen LogP contribution in [0.15, 0.2) is 54.4 Å². The summed E-state index contributed by atoms with van der Waals surface area (Å²) in [7, 11) is 0. The zero-order valence-corrected chi connectivity index (χ0v) is 12.7. The number of carbonyl (C=O) groups is 1. The number of hydrogen-bond acceptors (Lipinski definition) is 4. The summed E-state index contributed by atoms with van der Waals surface area (Å²) in [5, 5.41) is 9.39. The minimum Gasteiger partial charge on any atom is -0.466 e. The maximum Gasteiger partial charge on any atom is 0.306 e. The molecule has 0 saturated carbocycles. The van der Waals surface area contributed by atoms with Crippen molar-refractivity contribution in [1.82, 2.24) is 4.90 Å². The second-order valence-corrected chi connectivity index (χ2v) is 5.18. The molecule has 22 heavy (non-hydrogen) atoms. The van der Waals surface area contributed by atoms with Crippen LogP contribution in [-0.4, -0.2) is 17.5 Å². The summed E-state index contributed by atoms with van der Waals surface area (Å²) in [4.78, 5) is 13.6. The van der Waals surface area contributed by atoms with Gasteiger partial charge in [0.1, 0.15) is 0 Å². The molecular weight excluding hydrogens is 276 g/mol. The van der Waals surface area contributed by atoms with Crippen molar-refractivity contribution < 1.29 is 9.53 Å². The second kappa shape index (κ2) is 8.04. The molecule has 2 rings (SSSR count). The molecule has 1 aromatic carbocycles. The standard InChI is InChI=1S/C18H20N2O2/c1-2-22-18(21)11-16-9-6-10-20(14-17(16)12-19)13-15-7-4-3-5-8-15/h3-8,10,14,16H,2,9,11,13H2,1H3. The van der Waals surface area contributed by atoms with Crippen LogP contribution in [-0.2, 0) is 16.1 Å². The van der Waals surface area contributed by atoms with Crippen molar-refractivity contribution in [1.29, 1.82) is 5.26 Å². The van der Waals surface area contributed by atoms with Crippen LogP contribution in [0.25, 0.3) is 0 Å². The highest BCUT2D eigenvalue weighted by molar-refractivity contribution is 5.70. The number of benzene rings is 1. The molecule has 4 nitrogen and oxygen atoms in total. The van der Waals surface area contributed by atoms with Crippen LogP contribution in [0.3, 0.4) is 0 Å². The Morgan fingerprint density at radius 1 is 1.41 bits per heavy atom. The second-order valence-electron chi connectivity index (χ2n) is 5.18. The number of esters is 1. The first-order valence-electron chi connectivity index (χ1n) is 7.46. The van der Waals surface area contributed by atoms with Gasteiger partial charge in [-0.15, -0.1) is 0 Å². The Morgan fingerprint density at radius 2 is 2.18 bits per heavy atom. The average molecular weight is 296 g/mol. The Balaban J connectivity index is 2.09. The fourth-order valence-electron chi connectivity index (χ4n) is 2.44. The molecule has 1 heterocycles. The summed E-state index contributed by atoms with van der Waals surface area (Å²) < 4.78 is 4.99. The van der Waals surface area contributed by atoms with E-state index in [1.54, 1.807) is 6.92 Å². The van der Waals surface area contributed by atoms with Gasteiger partial charge in [0, 0.05) is 24.2 Å². The summed E-state index contributed by atoms with van der Waals surface area (Å²) >= 11 is 0. The van der Waals surface area contributed by atoms with Gasteiger partial charge in [-0.1, -0.05) is 36.4 Å². The highest BCUT2D eigenvalue weighted by Crippen LogP contribution is 2.24. The fraction of sp³-hybridized carbons (Fsp3) is 0.333. The molecule has 1 unspecified atom stereocenters. The third kappa shape index (κ3) is 4.49. The normalized spacial score (nSPS) is 17.4. The summed E-state index contributed by atoms with van der Waals surface area (Å²) in [5.74, 6) is -0.361. The topological polar surface area (TPSA) is 53.3 Å². The minimum absolute atomic E-state index is 0.110. The van der Waals surface area contributed by atoms with E-state index in [0.717, 1.165) is 0 Å². The Labute approximate surface area is 131 Å². The zero-order chi connectivity index (χ0) is 15.8. The van der Waals surface area contributed by atoms with Crippen molar-refractivity contribution in [2.75, 3.05) is 6.61 Å². The van der Waals surface area contributed by atoms with Crippen molar-refractivity contribution in [3.05, 3.63) is 59.9 Å². The molecule has 4 heteroatoms. The van der Waals surface area contributed by atoms with E-state index in [1.807, 2.05) is 41.6 Å². The number of hydrogen-bond donors (Lipinski definition) is 0. The average Bonchev–Trinajstić information content (AvgIpc) is 2.70. The van der Waals surface area contributed by atoms with Crippen molar-refractivity contribution >= 4 is 5.97 Å². The smallest absolute Gasteiger partial charge is 0.306 e. The summed E-state index contributed by atoms with van der Waals surface area (Å²) in [6, 6.07) is 12.3. The third-order valence-electron chi connectivity index (χ3n) is 3.52. The maximum atomic E-state index is 11.7. The van der Waals surface area contributed by atoms with Gasteiger partial charge >= 0.3 is 5.97 Å². The first-order valence-corrected chi connectivity index (χ1v) is 7.46. The highest BCUT2D eigenvalue weighted by atomic mass is 16.5. The molecule has 1 aliphatic rings. The van der Waals surface area contributed by atoms with Gasteiger partial charge in [0.2, 0.25) is 0 Å². The number of nitrogens with zero attached hydrogens (tertiary/aromatic N) is 2. The molecule has 0 bridgehead atoms. The first-order chi connectivity index (χ1) is 10.7. The molecule has 0 radical (unpaired) electrons. The molecule has 0 N–H and O–H groups in total. The minimum atomic E-state index is -0.251. The molecule has 1 atom stereocenters. The third-order valence-corrected chi connectivity index (χ3v) is 3.52. The fourth-order valence-corrected chi connectivity index (χ4v) is 2.44. The molecule has 0 aliphatic carbocycles. The molecule has 0 saturated heterocycles. The van der Waals surface area contributed by atoms with E-state index < -0.39 is 0 Å². The van der Waals surface area contributed by atoms with Crippen LogP contribution in [0.5, 0.6) is 0 Å². The van der Waals surface area contributed by atoms with Gasteiger partial charge in [0.15, 0.2) is 0 Å². The Bertz CT molecular complexity index is 599. The Hall–Kier alpha value is -2.54. The predicted molar refractivity (Wildman–Crippen MR) is 84.2 cm³/mol. The Kier molecular flexibility index (Phi) is 5.79. The number of rotatable bonds is 5. The quantitative estimate of drug-likeness (QED) is 0.782. The van der Waals surface area contributed by atoms with E-state index in [9.17, 15) is 10.1 Å². The number of allylic oxidation sites excluding steroid dienone is 2. The molecule has 0 spiro atoms. The van der Waals surface area contributed by atoms with Crippen LogP contribution in [0, 0.1) is 17.2 Å². The van der Waals surface area contributed by atoms with E-state index >= 15 is 0 Å². The monoisotopic (exact) mass is 296 g/mol. The molecule has 1 aliphatic heterocycles. The largest absolute Gasteiger partial charge is 0.466 e. The van der Waals surface area contributed by atoms with Gasteiger partial charge in [-0.05, 0) is 25.1 Å². The molecule has 0 aromatic heterocycles. The van der Waals surface area contributed by atoms with Crippen LogP contribution in [0.2, 0.25) is 0 Å². The van der Waals surface area contributed by atoms with Gasteiger partial charge in [-0.2, -0.15) is 5.26 Å². The molecular formula is C18H20N2O2. The van der Waals surface area contributed by atoms with Gasteiger partial charge in [-0.3, -0.25) is 4.79 Å². The van der Waals surface area contributed by atoms with Crippen LogP contribution >= 0.6 is 0 Å². The van der Waals surface area contributed by atoms with Crippen molar-refractivity contribution in [3.8, 4) is 6.07 Å². The van der Waals surface area contributed by atoms with Crippen molar-refractivity contribution in [3.63, 3.8) is 0 Å². The lowest BCUT2D eigenvalue weighted by Gasteiger charge is -2.16. The number of carbonyl (C=O) groups excluding carboxylic acids is 1.